The summed E-state index contributed by atoms with van der Waals surface area (Å²) in [4.78, 5) is 14.2. The van der Waals surface area contributed by atoms with Gasteiger partial charge in [-0.25, -0.2) is 4.98 Å². The Labute approximate surface area is 98.8 Å². The number of rotatable bonds is 5. The van der Waals surface area contributed by atoms with E-state index in [9.17, 15) is 15.2 Å². The van der Waals surface area contributed by atoms with E-state index in [-0.39, 0.29) is 23.9 Å². The molecule has 0 aromatic carbocycles. The van der Waals surface area contributed by atoms with Gasteiger partial charge in [0.25, 0.3) is 0 Å². The summed E-state index contributed by atoms with van der Waals surface area (Å²) in [7, 11) is 0. The van der Waals surface area contributed by atoms with E-state index >= 15 is 0 Å². The minimum absolute atomic E-state index is 0.0772. The molecule has 1 atom stereocenters. The molecule has 0 aliphatic carbocycles. The van der Waals surface area contributed by atoms with Crippen LogP contribution in [0.5, 0.6) is 0 Å². The van der Waals surface area contributed by atoms with Crippen molar-refractivity contribution >= 4 is 17.3 Å². The van der Waals surface area contributed by atoms with Gasteiger partial charge in [0.2, 0.25) is 5.82 Å². The van der Waals surface area contributed by atoms with E-state index in [4.69, 9.17) is 5.73 Å². The van der Waals surface area contributed by atoms with Gasteiger partial charge in [0.15, 0.2) is 0 Å². The Balaban J connectivity index is 3.12. The molecular formula is C10H16N4O3. The number of anilines is 2. The number of pyridine rings is 1. The molecule has 4 N–H and O–H groups in total. The van der Waals surface area contributed by atoms with Crippen molar-refractivity contribution in [1.29, 1.82) is 0 Å². The van der Waals surface area contributed by atoms with E-state index in [0.717, 1.165) is 0 Å². The Hall–Kier alpha value is -1.89. The summed E-state index contributed by atoms with van der Waals surface area (Å²) in [5.41, 5.74) is 4.67. The summed E-state index contributed by atoms with van der Waals surface area (Å²) in [6, 6.07) is 2.66. The summed E-state index contributed by atoms with van der Waals surface area (Å²) < 4.78 is 0. The van der Waals surface area contributed by atoms with Crippen LogP contribution in [0.1, 0.15) is 20.3 Å². The fourth-order valence-electron chi connectivity index (χ4n) is 1.23. The highest BCUT2D eigenvalue weighted by molar-refractivity contribution is 5.60. The van der Waals surface area contributed by atoms with Crippen LogP contribution in [-0.4, -0.2) is 27.2 Å². The maximum atomic E-state index is 10.8. The number of nitrogens with two attached hydrogens (primary N) is 1. The minimum atomic E-state index is -0.661. The van der Waals surface area contributed by atoms with Gasteiger partial charge in [-0.2, -0.15) is 0 Å². The zero-order valence-corrected chi connectivity index (χ0v) is 9.80. The van der Waals surface area contributed by atoms with Crippen molar-refractivity contribution in [3.05, 3.63) is 22.2 Å². The number of aliphatic hydroxyl groups excluding tert-OH is 1. The van der Waals surface area contributed by atoms with Gasteiger partial charge in [0.1, 0.15) is 5.82 Å². The second-order valence-electron chi connectivity index (χ2n) is 4.06. The van der Waals surface area contributed by atoms with Gasteiger partial charge in [-0.3, -0.25) is 10.1 Å². The van der Waals surface area contributed by atoms with Crippen LogP contribution in [0, 0.1) is 10.1 Å². The highest BCUT2D eigenvalue weighted by atomic mass is 16.6. The van der Waals surface area contributed by atoms with Crippen molar-refractivity contribution < 1.29 is 10.0 Å². The van der Waals surface area contributed by atoms with Crippen molar-refractivity contribution in [2.75, 3.05) is 17.7 Å². The van der Waals surface area contributed by atoms with E-state index < -0.39 is 10.5 Å². The molecule has 7 heteroatoms. The first-order chi connectivity index (χ1) is 7.91. The largest absolute Gasteiger partial charge is 0.394 e. The summed E-state index contributed by atoms with van der Waals surface area (Å²) in [5, 5.41) is 22.9. The predicted octanol–water partition coefficient (Wildman–Crippen LogP) is 1.14. The van der Waals surface area contributed by atoms with Gasteiger partial charge < -0.3 is 16.2 Å². The van der Waals surface area contributed by atoms with Crippen LogP contribution in [0.3, 0.4) is 0 Å². The van der Waals surface area contributed by atoms with Crippen molar-refractivity contribution in [3.8, 4) is 0 Å². The highest BCUT2D eigenvalue weighted by Crippen LogP contribution is 2.26. The van der Waals surface area contributed by atoms with E-state index in [1.165, 1.54) is 12.1 Å². The third-order valence-electron chi connectivity index (χ3n) is 2.64. The molecule has 0 amide bonds. The molecular weight excluding hydrogens is 224 g/mol. The number of nitrogens with zero attached hydrogens (tertiary/aromatic N) is 2. The molecule has 0 radical (unpaired) electrons. The Morgan fingerprint density at radius 1 is 1.65 bits per heavy atom. The molecule has 0 spiro atoms. The minimum Gasteiger partial charge on any atom is -0.394 e. The maximum absolute atomic E-state index is 10.8. The van der Waals surface area contributed by atoms with Crippen LogP contribution in [0.4, 0.5) is 17.3 Å². The zero-order chi connectivity index (χ0) is 13.1. The fraction of sp³-hybridized carbons (Fsp3) is 0.500. The summed E-state index contributed by atoms with van der Waals surface area (Å²) in [6.45, 7) is 3.46. The lowest BCUT2D eigenvalue weighted by atomic mass is 10.0. The van der Waals surface area contributed by atoms with Crippen molar-refractivity contribution in [2.24, 2.45) is 0 Å². The van der Waals surface area contributed by atoms with E-state index in [0.29, 0.717) is 6.42 Å². The first-order valence-electron chi connectivity index (χ1n) is 5.22. The Kier molecular flexibility index (Phi) is 3.84. The molecule has 0 bridgehead atoms. The Morgan fingerprint density at radius 3 is 2.76 bits per heavy atom. The average molecular weight is 240 g/mol. The van der Waals surface area contributed by atoms with Crippen LogP contribution in [0.2, 0.25) is 0 Å². The molecule has 1 aromatic rings. The molecule has 1 unspecified atom stereocenters. The number of hydrogen-bond donors (Lipinski definition) is 3. The van der Waals surface area contributed by atoms with E-state index in [1.54, 1.807) is 6.92 Å². The van der Waals surface area contributed by atoms with Crippen LogP contribution < -0.4 is 11.1 Å². The standard InChI is InChI=1S/C10H16N4O3/c1-3-10(2,6-15)13-9-7(14(16)17)4-5-8(11)12-9/h4-5,15H,3,6H2,1-2H3,(H3,11,12,13). The molecule has 0 saturated heterocycles. The molecule has 1 rings (SSSR count). The van der Waals surface area contributed by atoms with Gasteiger partial charge in [-0.05, 0) is 19.4 Å². The number of aliphatic hydroxyl groups is 1. The van der Waals surface area contributed by atoms with Gasteiger partial charge in [-0.15, -0.1) is 0 Å². The van der Waals surface area contributed by atoms with E-state index in [2.05, 4.69) is 10.3 Å². The van der Waals surface area contributed by atoms with Crippen molar-refractivity contribution in [3.63, 3.8) is 0 Å². The Bertz CT molecular complexity index is 418. The van der Waals surface area contributed by atoms with Gasteiger partial charge in [0.05, 0.1) is 17.1 Å². The van der Waals surface area contributed by atoms with Gasteiger partial charge in [0, 0.05) is 6.07 Å². The summed E-state index contributed by atoms with van der Waals surface area (Å²) in [5.74, 6) is 0.267. The normalized spacial score (nSPS) is 14.1. The number of hydrogen-bond acceptors (Lipinski definition) is 6. The maximum Gasteiger partial charge on any atom is 0.311 e. The van der Waals surface area contributed by atoms with Gasteiger partial charge in [-0.1, -0.05) is 6.92 Å². The second-order valence-corrected chi connectivity index (χ2v) is 4.06. The number of nitrogen functional groups attached to an aromatic ring is 1. The van der Waals surface area contributed by atoms with Gasteiger partial charge >= 0.3 is 5.69 Å². The first kappa shape index (κ1) is 13.2. The number of nitrogens with one attached hydrogen (secondary N) is 1. The van der Waals surface area contributed by atoms with E-state index in [1.807, 2.05) is 6.92 Å². The van der Waals surface area contributed by atoms with Crippen LogP contribution >= 0.6 is 0 Å². The van der Waals surface area contributed by atoms with Crippen molar-refractivity contribution in [2.45, 2.75) is 25.8 Å². The predicted molar refractivity (Wildman–Crippen MR) is 64.7 cm³/mol. The van der Waals surface area contributed by atoms with Crippen LogP contribution in [0.15, 0.2) is 12.1 Å². The quantitative estimate of drug-likeness (QED) is 0.525. The second kappa shape index (κ2) is 4.96. The molecule has 94 valence electrons. The van der Waals surface area contributed by atoms with Crippen molar-refractivity contribution in [1.82, 2.24) is 4.98 Å². The summed E-state index contributed by atoms with van der Waals surface area (Å²) in [6.07, 6.45) is 0.594. The summed E-state index contributed by atoms with van der Waals surface area (Å²) >= 11 is 0. The topological polar surface area (TPSA) is 114 Å². The Morgan fingerprint density at radius 2 is 2.29 bits per heavy atom. The SMILES string of the molecule is CCC(C)(CO)Nc1nc(N)ccc1[N+](=O)[O-]. The van der Waals surface area contributed by atoms with Crippen LogP contribution in [-0.2, 0) is 0 Å². The first-order valence-corrected chi connectivity index (χ1v) is 5.22. The molecule has 0 saturated carbocycles. The lowest BCUT2D eigenvalue weighted by Gasteiger charge is -2.27. The zero-order valence-electron chi connectivity index (χ0n) is 9.80. The lowest BCUT2D eigenvalue weighted by Crippen LogP contribution is -2.38. The average Bonchev–Trinajstić information content (AvgIpc) is 2.28. The molecule has 1 aromatic heterocycles. The third-order valence-corrected chi connectivity index (χ3v) is 2.64. The molecule has 0 aliphatic heterocycles. The third kappa shape index (κ3) is 3.04. The fourth-order valence-corrected chi connectivity index (χ4v) is 1.23. The lowest BCUT2D eigenvalue weighted by molar-refractivity contribution is -0.384. The van der Waals surface area contributed by atoms with Crippen LogP contribution in [0.25, 0.3) is 0 Å². The number of nitro groups is 1. The monoisotopic (exact) mass is 240 g/mol. The molecule has 17 heavy (non-hydrogen) atoms. The molecule has 7 nitrogen and oxygen atoms in total. The molecule has 0 fully saturated rings. The molecule has 1 heterocycles. The molecule has 0 aliphatic rings. The highest BCUT2D eigenvalue weighted by Gasteiger charge is 2.25. The number of aromatic nitrogens is 1. The smallest absolute Gasteiger partial charge is 0.311 e.